The Kier molecular flexibility index (Phi) is 6.80. The second-order valence-corrected chi connectivity index (χ2v) is 5.87. The Morgan fingerprint density at radius 1 is 1.32 bits per heavy atom. The quantitative estimate of drug-likeness (QED) is 0.813. The maximum absolute atomic E-state index is 13.5. The van der Waals surface area contributed by atoms with Crippen LogP contribution in [0.2, 0.25) is 0 Å². The molecule has 0 spiro atoms. The monoisotopic (exact) mass is 307 g/mol. The van der Waals surface area contributed by atoms with E-state index in [4.69, 9.17) is 0 Å². The van der Waals surface area contributed by atoms with Gasteiger partial charge < -0.3 is 15.5 Å². The molecular weight excluding hydrogens is 281 g/mol. The number of likely N-dealkylation sites (tertiary alicyclic amines) is 1. The highest BCUT2D eigenvalue weighted by atomic mass is 19.1. The van der Waals surface area contributed by atoms with E-state index in [0.717, 1.165) is 38.6 Å². The number of hydrogen-bond donors (Lipinski definition) is 2. The van der Waals surface area contributed by atoms with E-state index in [0.29, 0.717) is 6.42 Å². The third-order valence-corrected chi connectivity index (χ3v) is 4.19. The van der Waals surface area contributed by atoms with Crippen LogP contribution in [0.4, 0.5) is 10.1 Å². The van der Waals surface area contributed by atoms with Gasteiger partial charge in [-0.2, -0.15) is 0 Å². The molecule has 0 bridgehead atoms. The van der Waals surface area contributed by atoms with Gasteiger partial charge in [-0.1, -0.05) is 19.1 Å². The molecule has 1 saturated heterocycles. The van der Waals surface area contributed by atoms with E-state index in [9.17, 15) is 9.18 Å². The van der Waals surface area contributed by atoms with Gasteiger partial charge >= 0.3 is 0 Å². The van der Waals surface area contributed by atoms with Gasteiger partial charge in [0.25, 0.3) is 0 Å². The van der Waals surface area contributed by atoms with Crippen LogP contribution < -0.4 is 10.6 Å². The molecular formula is C17H26FN3O. The smallest absolute Gasteiger partial charge is 0.225 e. The molecule has 1 amide bonds. The fraction of sp³-hybridized carbons (Fsp3) is 0.588. The average molecular weight is 307 g/mol. The second-order valence-electron chi connectivity index (χ2n) is 5.87. The maximum Gasteiger partial charge on any atom is 0.225 e. The van der Waals surface area contributed by atoms with Gasteiger partial charge in [0.1, 0.15) is 5.82 Å². The number of benzene rings is 1. The predicted octanol–water partition coefficient (Wildman–Crippen LogP) is 2.48. The van der Waals surface area contributed by atoms with Crippen molar-refractivity contribution >= 4 is 11.6 Å². The highest BCUT2D eigenvalue weighted by Crippen LogP contribution is 2.17. The Labute approximate surface area is 132 Å². The topological polar surface area (TPSA) is 44.4 Å². The molecule has 0 atom stereocenters. The molecule has 0 aromatic heterocycles. The molecule has 0 aliphatic carbocycles. The van der Waals surface area contributed by atoms with Crippen molar-refractivity contribution in [1.82, 2.24) is 10.2 Å². The number of amides is 1. The van der Waals surface area contributed by atoms with Crippen molar-refractivity contribution in [3.8, 4) is 0 Å². The van der Waals surface area contributed by atoms with Crippen molar-refractivity contribution in [2.45, 2.75) is 26.2 Å². The second kappa shape index (κ2) is 8.86. The number of nitrogens with zero attached hydrogens (tertiary/aromatic N) is 1. The highest BCUT2D eigenvalue weighted by molar-refractivity contribution is 5.90. The van der Waals surface area contributed by atoms with Gasteiger partial charge in [-0.25, -0.2) is 4.39 Å². The molecule has 5 heteroatoms. The first-order valence-electron chi connectivity index (χ1n) is 8.16. The number of piperidine rings is 1. The first kappa shape index (κ1) is 16.9. The Morgan fingerprint density at radius 3 is 2.73 bits per heavy atom. The van der Waals surface area contributed by atoms with Crippen molar-refractivity contribution in [2.24, 2.45) is 5.92 Å². The molecule has 1 aromatic carbocycles. The zero-order valence-corrected chi connectivity index (χ0v) is 13.3. The summed E-state index contributed by atoms with van der Waals surface area (Å²) in [6.07, 6.45) is 2.77. The number of nitrogens with one attached hydrogen (secondary N) is 2. The van der Waals surface area contributed by atoms with E-state index < -0.39 is 0 Å². The number of halogens is 1. The number of carbonyl (C=O) groups excluding carboxylic acids is 1. The average Bonchev–Trinajstić information content (AvgIpc) is 2.54. The van der Waals surface area contributed by atoms with Gasteiger partial charge in [-0.05, 0) is 57.1 Å². The van der Waals surface area contributed by atoms with Crippen molar-refractivity contribution in [3.63, 3.8) is 0 Å². The molecule has 0 saturated carbocycles. The van der Waals surface area contributed by atoms with Crippen LogP contribution in [0.15, 0.2) is 24.3 Å². The van der Waals surface area contributed by atoms with Gasteiger partial charge in [0, 0.05) is 13.0 Å². The molecule has 1 fully saturated rings. The SMILES string of the molecule is CCNCC1CCN(CCC(=O)Nc2ccccc2F)CC1. The fourth-order valence-electron chi connectivity index (χ4n) is 2.80. The largest absolute Gasteiger partial charge is 0.324 e. The molecule has 2 N–H and O–H groups in total. The Balaban J connectivity index is 1.66. The van der Waals surface area contributed by atoms with Gasteiger partial charge in [0.05, 0.1) is 5.69 Å². The first-order valence-corrected chi connectivity index (χ1v) is 8.16. The van der Waals surface area contributed by atoms with Crippen molar-refractivity contribution < 1.29 is 9.18 Å². The molecule has 122 valence electrons. The maximum atomic E-state index is 13.5. The minimum Gasteiger partial charge on any atom is -0.324 e. The number of carbonyl (C=O) groups is 1. The van der Waals surface area contributed by atoms with E-state index in [1.807, 2.05) is 0 Å². The third-order valence-electron chi connectivity index (χ3n) is 4.19. The summed E-state index contributed by atoms with van der Waals surface area (Å²) in [5.41, 5.74) is 0.261. The molecule has 22 heavy (non-hydrogen) atoms. The normalized spacial score (nSPS) is 16.6. The number of rotatable bonds is 7. The Hall–Kier alpha value is -1.46. The number of hydrogen-bond acceptors (Lipinski definition) is 3. The standard InChI is InChI=1S/C17H26FN3O/c1-2-19-13-14-7-10-21(11-8-14)12-9-17(22)20-16-6-4-3-5-15(16)18/h3-6,14,19H,2,7-13H2,1H3,(H,20,22). The summed E-state index contributed by atoms with van der Waals surface area (Å²) >= 11 is 0. The number of para-hydroxylation sites is 1. The minimum absolute atomic E-state index is 0.125. The molecule has 4 nitrogen and oxygen atoms in total. The van der Waals surface area contributed by atoms with Crippen LogP contribution in [0.3, 0.4) is 0 Å². The van der Waals surface area contributed by atoms with Crippen molar-refractivity contribution in [2.75, 3.05) is 38.0 Å². The van der Waals surface area contributed by atoms with Crippen LogP contribution in [0.25, 0.3) is 0 Å². The summed E-state index contributed by atoms with van der Waals surface area (Å²) in [5, 5.41) is 6.03. The van der Waals surface area contributed by atoms with E-state index in [1.165, 1.54) is 18.9 Å². The molecule has 1 aliphatic rings. The van der Waals surface area contributed by atoms with E-state index in [2.05, 4.69) is 22.5 Å². The van der Waals surface area contributed by atoms with Gasteiger partial charge in [0.15, 0.2) is 0 Å². The van der Waals surface area contributed by atoms with E-state index in [1.54, 1.807) is 18.2 Å². The van der Waals surface area contributed by atoms with E-state index >= 15 is 0 Å². The summed E-state index contributed by atoms with van der Waals surface area (Å²) < 4.78 is 13.5. The number of anilines is 1. The Bertz CT molecular complexity index is 473. The third kappa shape index (κ3) is 5.39. The molecule has 1 aliphatic heterocycles. The van der Waals surface area contributed by atoms with Crippen molar-refractivity contribution in [3.05, 3.63) is 30.1 Å². The van der Waals surface area contributed by atoms with Crippen molar-refractivity contribution in [1.29, 1.82) is 0 Å². The minimum atomic E-state index is -0.389. The molecule has 0 radical (unpaired) electrons. The lowest BCUT2D eigenvalue weighted by Crippen LogP contribution is -2.38. The van der Waals surface area contributed by atoms with Gasteiger partial charge in [0.2, 0.25) is 5.91 Å². The summed E-state index contributed by atoms with van der Waals surface area (Å²) in [5.74, 6) is 0.239. The summed E-state index contributed by atoms with van der Waals surface area (Å²) in [7, 11) is 0. The lowest BCUT2D eigenvalue weighted by atomic mass is 9.96. The lowest BCUT2D eigenvalue weighted by Gasteiger charge is -2.31. The van der Waals surface area contributed by atoms with Crippen LogP contribution in [-0.4, -0.2) is 43.5 Å². The molecule has 2 rings (SSSR count). The zero-order valence-electron chi connectivity index (χ0n) is 13.3. The van der Waals surface area contributed by atoms with E-state index in [-0.39, 0.29) is 17.4 Å². The van der Waals surface area contributed by atoms with Crippen LogP contribution in [-0.2, 0) is 4.79 Å². The Morgan fingerprint density at radius 2 is 2.05 bits per heavy atom. The molecule has 0 unspecified atom stereocenters. The highest BCUT2D eigenvalue weighted by Gasteiger charge is 2.19. The van der Waals surface area contributed by atoms with Crippen LogP contribution in [0, 0.1) is 11.7 Å². The van der Waals surface area contributed by atoms with Gasteiger partial charge in [-0.15, -0.1) is 0 Å². The van der Waals surface area contributed by atoms with Crippen LogP contribution in [0.1, 0.15) is 26.2 Å². The summed E-state index contributed by atoms with van der Waals surface area (Å²) in [4.78, 5) is 14.2. The summed E-state index contributed by atoms with van der Waals surface area (Å²) in [6, 6.07) is 6.26. The van der Waals surface area contributed by atoms with Gasteiger partial charge in [-0.3, -0.25) is 4.79 Å². The zero-order chi connectivity index (χ0) is 15.8. The fourth-order valence-corrected chi connectivity index (χ4v) is 2.80. The summed E-state index contributed by atoms with van der Waals surface area (Å²) in [6.45, 7) is 7.08. The lowest BCUT2D eigenvalue weighted by molar-refractivity contribution is -0.116. The molecule has 1 heterocycles. The predicted molar refractivity (Wildman–Crippen MR) is 87.4 cm³/mol. The first-order chi connectivity index (χ1) is 10.7. The van der Waals surface area contributed by atoms with Crippen LogP contribution in [0.5, 0.6) is 0 Å². The molecule has 1 aromatic rings. The van der Waals surface area contributed by atoms with Crippen LogP contribution >= 0.6 is 0 Å².